The first-order chi connectivity index (χ1) is 8.66. The van der Waals surface area contributed by atoms with Crippen molar-refractivity contribution >= 4 is 0 Å². The molecule has 0 radical (unpaired) electrons. The highest BCUT2D eigenvalue weighted by Gasteiger charge is 2.46. The number of nitriles is 1. The van der Waals surface area contributed by atoms with Gasteiger partial charge in [-0.05, 0) is 31.2 Å². The Balaban J connectivity index is 2.34. The number of methoxy groups -OCH3 is 1. The molecule has 1 atom stereocenters. The molecule has 1 unspecified atom stereocenters. The molecular weight excluding hydrogens is 228 g/mol. The fraction of sp³-hybridized carbons (Fsp3) is 0.500. The van der Waals surface area contributed by atoms with Crippen LogP contribution in [0.4, 0.5) is 0 Å². The second-order valence-corrected chi connectivity index (χ2v) is 4.71. The van der Waals surface area contributed by atoms with E-state index >= 15 is 0 Å². The minimum Gasteiger partial charge on any atom is -0.496 e. The Morgan fingerprint density at radius 3 is 2.61 bits per heavy atom. The lowest BCUT2D eigenvalue weighted by molar-refractivity contribution is -0.0963. The fourth-order valence-corrected chi connectivity index (χ4v) is 2.46. The van der Waals surface area contributed by atoms with E-state index in [-0.39, 0.29) is 6.04 Å². The maximum absolute atomic E-state index is 9.37. The molecule has 1 N–H and O–H groups in total. The molecule has 4 nitrogen and oxygen atoms in total. The van der Waals surface area contributed by atoms with Gasteiger partial charge in [0, 0.05) is 0 Å². The third-order valence-corrected chi connectivity index (χ3v) is 3.54. The van der Waals surface area contributed by atoms with E-state index < -0.39 is 5.41 Å². The van der Waals surface area contributed by atoms with E-state index in [4.69, 9.17) is 9.47 Å². The molecule has 1 fully saturated rings. The summed E-state index contributed by atoms with van der Waals surface area (Å²) in [6, 6.07) is 8.40. The second kappa shape index (κ2) is 4.97. The molecular formula is C14H18N2O2. The Kier molecular flexibility index (Phi) is 3.55. The summed E-state index contributed by atoms with van der Waals surface area (Å²) >= 11 is 0. The molecule has 0 amide bonds. The first-order valence-corrected chi connectivity index (χ1v) is 5.97. The van der Waals surface area contributed by atoms with Gasteiger partial charge in [-0.25, -0.2) is 0 Å². The SMILES string of the molecule is CNC(c1ccc(OC)c(C)c1)C1(C#N)COC1. The average molecular weight is 246 g/mol. The summed E-state index contributed by atoms with van der Waals surface area (Å²) in [5.74, 6) is 0.865. The number of benzene rings is 1. The van der Waals surface area contributed by atoms with E-state index in [0.29, 0.717) is 13.2 Å². The van der Waals surface area contributed by atoms with E-state index in [1.54, 1.807) is 7.11 Å². The zero-order chi connectivity index (χ0) is 13.2. The predicted octanol–water partition coefficient (Wildman–Crippen LogP) is 1.80. The zero-order valence-electron chi connectivity index (χ0n) is 11.0. The van der Waals surface area contributed by atoms with Crippen LogP contribution >= 0.6 is 0 Å². The second-order valence-electron chi connectivity index (χ2n) is 4.71. The Morgan fingerprint density at radius 2 is 2.22 bits per heavy atom. The van der Waals surface area contributed by atoms with Crippen molar-refractivity contribution in [2.45, 2.75) is 13.0 Å². The van der Waals surface area contributed by atoms with Crippen LogP contribution < -0.4 is 10.1 Å². The van der Waals surface area contributed by atoms with Crippen LogP contribution in [0.25, 0.3) is 0 Å². The van der Waals surface area contributed by atoms with Crippen LogP contribution in [-0.4, -0.2) is 27.4 Å². The van der Waals surface area contributed by atoms with Gasteiger partial charge < -0.3 is 14.8 Å². The van der Waals surface area contributed by atoms with Gasteiger partial charge in [0.2, 0.25) is 0 Å². The highest BCUT2D eigenvalue weighted by Crippen LogP contribution is 2.40. The van der Waals surface area contributed by atoms with E-state index in [1.807, 2.05) is 26.1 Å². The minimum atomic E-state index is -0.449. The van der Waals surface area contributed by atoms with Crippen molar-refractivity contribution in [2.24, 2.45) is 5.41 Å². The molecule has 2 rings (SSSR count). The minimum absolute atomic E-state index is 0.0131. The van der Waals surface area contributed by atoms with Gasteiger partial charge in [-0.15, -0.1) is 0 Å². The van der Waals surface area contributed by atoms with Crippen molar-refractivity contribution < 1.29 is 9.47 Å². The average Bonchev–Trinajstić information content (AvgIpc) is 2.33. The van der Waals surface area contributed by atoms with Gasteiger partial charge in [0.25, 0.3) is 0 Å². The molecule has 0 aliphatic carbocycles. The maximum atomic E-state index is 9.37. The third-order valence-electron chi connectivity index (χ3n) is 3.54. The number of nitrogens with one attached hydrogen (secondary N) is 1. The van der Waals surface area contributed by atoms with E-state index in [1.165, 1.54) is 0 Å². The highest BCUT2D eigenvalue weighted by molar-refractivity contribution is 5.39. The normalized spacial score (nSPS) is 18.6. The topological polar surface area (TPSA) is 54.3 Å². The van der Waals surface area contributed by atoms with Gasteiger partial charge >= 0.3 is 0 Å². The van der Waals surface area contributed by atoms with Gasteiger partial charge in [0.05, 0.1) is 32.4 Å². The maximum Gasteiger partial charge on any atom is 0.123 e. The van der Waals surface area contributed by atoms with Crippen molar-refractivity contribution in [1.29, 1.82) is 5.26 Å². The molecule has 4 heteroatoms. The Morgan fingerprint density at radius 1 is 1.50 bits per heavy atom. The van der Waals surface area contributed by atoms with Crippen molar-refractivity contribution in [2.75, 3.05) is 27.4 Å². The van der Waals surface area contributed by atoms with Crippen LogP contribution in [-0.2, 0) is 4.74 Å². The summed E-state index contributed by atoms with van der Waals surface area (Å²) in [7, 11) is 3.54. The van der Waals surface area contributed by atoms with Crippen molar-refractivity contribution in [3.8, 4) is 11.8 Å². The lowest BCUT2D eigenvalue weighted by Gasteiger charge is -2.41. The smallest absolute Gasteiger partial charge is 0.123 e. The highest BCUT2D eigenvalue weighted by atomic mass is 16.5. The van der Waals surface area contributed by atoms with Crippen molar-refractivity contribution in [3.63, 3.8) is 0 Å². The van der Waals surface area contributed by atoms with Crippen LogP contribution in [0.1, 0.15) is 17.2 Å². The molecule has 1 aromatic carbocycles. The number of nitrogens with zero attached hydrogens (tertiary/aromatic N) is 1. The largest absolute Gasteiger partial charge is 0.496 e. The first-order valence-electron chi connectivity index (χ1n) is 5.97. The lowest BCUT2D eigenvalue weighted by atomic mass is 9.76. The molecule has 0 aromatic heterocycles. The van der Waals surface area contributed by atoms with Gasteiger partial charge in [-0.1, -0.05) is 12.1 Å². The predicted molar refractivity (Wildman–Crippen MR) is 68.4 cm³/mol. The fourth-order valence-electron chi connectivity index (χ4n) is 2.46. The molecule has 1 aromatic rings. The molecule has 1 heterocycles. The van der Waals surface area contributed by atoms with Crippen LogP contribution in [0.3, 0.4) is 0 Å². The summed E-state index contributed by atoms with van der Waals surface area (Å²) in [6.45, 7) is 2.98. The summed E-state index contributed by atoms with van der Waals surface area (Å²) in [5.41, 5.74) is 1.72. The molecule has 96 valence electrons. The van der Waals surface area contributed by atoms with Crippen LogP contribution in [0.15, 0.2) is 18.2 Å². The molecule has 0 bridgehead atoms. The van der Waals surface area contributed by atoms with Crippen LogP contribution in [0.5, 0.6) is 5.75 Å². The van der Waals surface area contributed by atoms with E-state index in [0.717, 1.165) is 16.9 Å². The van der Waals surface area contributed by atoms with Crippen LogP contribution in [0.2, 0.25) is 0 Å². The number of rotatable bonds is 4. The molecule has 1 aliphatic rings. The summed E-state index contributed by atoms with van der Waals surface area (Å²) in [4.78, 5) is 0. The molecule has 0 saturated carbocycles. The number of hydrogen-bond donors (Lipinski definition) is 1. The van der Waals surface area contributed by atoms with Gasteiger partial charge in [-0.3, -0.25) is 0 Å². The van der Waals surface area contributed by atoms with Gasteiger partial charge in [-0.2, -0.15) is 5.26 Å². The Labute approximate surface area is 108 Å². The Bertz CT molecular complexity index is 475. The quantitative estimate of drug-likeness (QED) is 0.880. The molecule has 0 spiro atoms. The third kappa shape index (κ3) is 1.96. The van der Waals surface area contributed by atoms with E-state index in [9.17, 15) is 5.26 Å². The van der Waals surface area contributed by atoms with Crippen LogP contribution in [0, 0.1) is 23.7 Å². The summed E-state index contributed by atoms with van der Waals surface area (Å²) in [5, 5.41) is 12.6. The number of ether oxygens (including phenoxy) is 2. The van der Waals surface area contributed by atoms with Crippen molar-refractivity contribution in [3.05, 3.63) is 29.3 Å². The molecule has 1 aliphatic heterocycles. The Hall–Kier alpha value is -1.57. The number of aryl methyl sites for hydroxylation is 1. The molecule has 18 heavy (non-hydrogen) atoms. The summed E-state index contributed by atoms with van der Waals surface area (Å²) < 4.78 is 10.5. The zero-order valence-corrected chi connectivity index (χ0v) is 11.0. The van der Waals surface area contributed by atoms with Crippen molar-refractivity contribution in [1.82, 2.24) is 5.32 Å². The molecule has 1 saturated heterocycles. The lowest BCUT2D eigenvalue weighted by Crippen LogP contribution is -2.50. The van der Waals surface area contributed by atoms with Gasteiger partial charge in [0.1, 0.15) is 11.2 Å². The first kappa shape index (κ1) is 12.9. The standard InChI is InChI=1S/C14H18N2O2/c1-10-6-11(4-5-12(10)17-3)13(16-2)14(7-15)8-18-9-14/h4-6,13,16H,8-9H2,1-3H3. The summed E-state index contributed by atoms with van der Waals surface area (Å²) in [6.07, 6.45) is 0. The van der Waals surface area contributed by atoms with Gasteiger partial charge in [0.15, 0.2) is 0 Å². The number of hydrogen-bond acceptors (Lipinski definition) is 4. The monoisotopic (exact) mass is 246 g/mol. The van der Waals surface area contributed by atoms with E-state index in [2.05, 4.69) is 17.5 Å².